The molecule has 0 aromatic heterocycles. The Labute approximate surface area is 108 Å². The van der Waals surface area contributed by atoms with E-state index in [0.717, 1.165) is 37.1 Å². The van der Waals surface area contributed by atoms with Gasteiger partial charge < -0.3 is 10.4 Å². The molecule has 3 nitrogen and oxygen atoms in total. The predicted molar refractivity (Wildman–Crippen MR) is 71.7 cm³/mol. The second kappa shape index (κ2) is 5.81. The first-order valence-corrected chi connectivity index (χ1v) is 6.32. The predicted octanol–water partition coefficient (Wildman–Crippen LogP) is 2.18. The quantitative estimate of drug-likeness (QED) is 0.854. The van der Waals surface area contributed by atoms with Crippen molar-refractivity contribution in [1.82, 2.24) is 5.32 Å². The van der Waals surface area contributed by atoms with E-state index >= 15 is 0 Å². The van der Waals surface area contributed by atoms with Gasteiger partial charge in [0.05, 0.1) is 18.1 Å². The molecule has 0 atom stereocenters. The Morgan fingerprint density at radius 2 is 1.94 bits per heavy atom. The van der Waals surface area contributed by atoms with Crippen LogP contribution in [0.5, 0.6) is 0 Å². The van der Waals surface area contributed by atoms with Crippen LogP contribution < -0.4 is 5.32 Å². The van der Waals surface area contributed by atoms with Gasteiger partial charge in [0.25, 0.3) is 0 Å². The van der Waals surface area contributed by atoms with E-state index in [4.69, 9.17) is 5.26 Å². The van der Waals surface area contributed by atoms with Gasteiger partial charge in [-0.05, 0) is 37.1 Å². The molecule has 2 N–H and O–H groups in total. The topological polar surface area (TPSA) is 56.0 Å². The first kappa shape index (κ1) is 12.8. The Morgan fingerprint density at radius 3 is 2.56 bits per heavy atom. The fourth-order valence-electron chi connectivity index (χ4n) is 2.28. The third-order valence-electron chi connectivity index (χ3n) is 3.40. The summed E-state index contributed by atoms with van der Waals surface area (Å²) in [5.74, 6) is 0. The van der Waals surface area contributed by atoms with Crippen LogP contribution in [0.4, 0.5) is 0 Å². The van der Waals surface area contributed by atoms with Gasteiger partial charge >= 0.3 is 0 Å². The summed E-state index contributed by atoms with van der Waals surface area (Å²) in [5, 5.41) is 22.3. The molecule has 1 fully saturated rings. The van der Waals surface area contributed by atoms with Crippen LogP contribution >= 0.6 is 0 Å². The van der Waals surface area contributed by atoms with Gasteiger partial charge in [-0.2, -0.15) is 5.26 Å². The van der Waals surface area contributed by atoms with Gasteiger partial charge in [0.1, 0.15) is 0 Å². The molecular weight excluding hydrogens is 224 g/mol. The van der Waals surface area contributed by atoms with Gasteiger partial charge in [-0.25, -0.2) is 0 Å². The molecule has 0 saturated carbocycles. The molecule has 3 heteroatoms. The lowest BCUT2D eigenvalue weighted by Crippen LogP contribution is -2.39. The molecule has 1 aliphatic heterocycles. The number of hydrogen-bond donors (Lipinski definition) is 2. The Bertz CT molecular complexity index is 450. The van der Waals surface area contributed by atoms with Crippen molar-refractivity contribution in [3.8, 4) is 6.07 Å². The largest absolute Gasteiger partial charge is 0.385 e. The van der Waals surface area contributed by atoms with Crippen LogP contribution in [0.3, 0.4) is 0 Å². The van der Waals surface area contributed by atoms with Crippen molar-refractivity contribution in [2.24, 2.45) is 0 Å². The number of nitriles is 1. The third kappa shape index (κ3) is 2.98. The molecule has 1 heterocycles. The SMILES string of the molecule is N#CCC=Cc1ccc(C2(O)CCNCC2)cc1. The molecule has 0 aliphatic carbocycles. The normalized spacial score (nSPS) is 18.7. The van der Waals surface area contributed by atoms with Crippen LogP contribution in [-0.2, 0) is 5.60 Å². The summed E-state index contributed by atoms with van der Waals surface area (Å²) in [4.78, 5) is 0. The molecular formula is C15H18N2O. The highest BCUT2D eigenvalue weighted by atomic mass is 16.3. The summed E-state index contributed by atoms with van der Waals surface area (Å²) < 4.78 is 0. The van der Waals surface area contributed by atoms with Crippen molar-refractivity contribution in [2.75, 3.05) is 13.1 Å². The molecule has 94 valence electrons. The highest BCUT2D eigenvalue weighted by Gasteiger charge is 2.30. The lowest BCUT2D eigenvalue weighted by molar-refractivity contribution is 0.00594. The van der Waals surface area contributed by atoms with Gasteiger partial charge in [0.15, 0.2) is 0 Å². The van der Waals surface area contributed by atoms with Crippen molar-refractivity contribution in [3.05, 3.63) is 41.5 Å². The van der Waals surface area contributed by atoms with Gasteiger partial charge in [0.2, 0.25) is 0 Å². The van der Waals surface area contributed by atoms with E-state index in [1.165, 1.54) is 0 Å². The average Bonchev–Trinajstić information content (AvgIpc) is 2.41. The van der Waals surface area contributed by atoms with Crippen LogP contribution in [0, 0.1) is 11.3 Å². The van der Waals surface area contributed by atoms with Crippen LogP contribution in [0.15, 0.2) is 30.3 Å². The van der Waals surface area contributed by atoms with E-state index in [2.05, 4.69) is 11.4 Å². The fraction of sp³-hybridized carbons (Fsp3) is 0.400. The van der Waals surface area contributed by atoms with Crippen molar-refractivity contribution >= 4 is 6.08 Å². The number of nitrogens with one attached hydrogen (secondary N) is 1. The maximum Gasteiger partial charge on any atom is 0.0920 e. The minimum absolute atomic E-state index is 0.428. The summed E-state index contributed by atoms with van der Waals surface area (Å²) in [6.07, 6.45) is 5.72. The maximum absolute atomic E-state index is 10.5. The number of benzene rings is 1. The molecule has 0 radical (unpaired) electrons. The molecule has 0 unspecified atom stereocenters. The lowest BCUT2D eigenvalue weighted by Gasteiger charge is -2.33. The zero-order chi connectivity index (χ0) is 12.8. The van der Waals surface area contributed by atoms with Crippen LogP contribution in [-0.4, -0.2) is 18.2 Å². The van der Waals surface area contributed by atoms with Gasteiger partial charge in [-0.1, -0.05) is 36.4 Å². The van der Waals surface area contributed by atoms with Crippen molar-refractivity contribution in [1.29, 1.82) is 5.26 Å². The second-order valence-corrected chi connectivity index (χ2v) is 4.67. The number of allylic oxidation sites excluding steroid dienone is 1. The van der Waals surface area contributed by atoms with E-state index < -0.39 is 5.60 Å². The molecule has 1 aromatic rings. The zero-order valence-corrected chi connectivity index (χ0v) is 10.4. The van der Waals surface area contributed by atoms with Crippen molar-refractivity contribution < 1.29 is 5.11 Å². The monoisotopic (exact) mass is 242 g/mol. The van der Waals surface area contributed by atoms with Crippen LogP contribution in [0.1, 0.15) is 30.4 Å². The molecule has 1 saturated heterocycles. The van der Waals surface area contributed by atoms with Gasteiger partial charge in [-0.3, -0.25) is 0 Å². The number of aliphatic hydroxyl groups is 1. The molecule has 2 rings (SSSR count). The third-order valence-corrected chi connectivity index (χ3v) is 3.40. The molecule has 18 heavy (non-hydrogen) atoms. The Morgan fingerprint density at radius 1 is 1.28 bits per heavy atom. The number of rotatable bonds is 3. The summed E-state index contributed by atoms with van der Waals surface area (Å²) in [5.41, 5.74) is 1.37. The molecule has 1 aliphatic rings. The minimum atomic E-state index is -0.680. The second-order valence-electron chi connectivity index (χ2n) is 4.67. The van der Waals surface area contributed by atoms with E-state index in [-0.39, 0.29) is 0 Å². The Balaban J connectivity index is 2.09. The van der Waals surface area contributed by atoms with Gasteiger partial charge in [-0.15, -0.1) is 0 Å². The Hall–Kier alpha value is -1.63. The van der Waals surface area contributed by atoms with E-state index in [1.807, 2.05) is 36.4 Å². The first-order valence-electron chi connectivity index (χ1n) is 6.32. The average molecular weight is 242 g/mol. The van der Waals surface area contributed by atoms with Gasteiger partial charge in [0, 0.05) is 0 Å². The smallest absolute Gasteiger partial charge is 0.0920 e. The van der Waals surface area contributed by atoms with E-state index in [0.29, 0.717) is 6.42 Å². The number of hydrogen-bond acceptors (Lipinski definition) is 3. The molecule has 1 aromatic carbocycles. The molecule has 0 amide bonds. The van der Waals surface area contributed by atoms with Crippen LogP contribution in [0.2, 0.25) is 0 Å². The summed E-state index contributed by atoms with van der Waals surface area (Å²) in [7, 11) is 0. The standard InChI is InChI=1S/C15H18N2O/c16-10-2-1-3-13-4-6-14(7-5-13)15(18)8-11-17-12-9-15/h1,3-7,17-18H,2,8-9,11-12H2. The van der Waals surface area contributed by atoms with Crippen molar-refractivity contribution in [2.45, 2.75) is 24.9 Å². The Kier molecular flexibility index (Phi) is 4.14. The summed E-state index contributed by atoms with van der Waals surface area (Å²) in [6, 6.07) is 10.0. The van der Waals surface area contributed by atoms with Crippen molar-refractivity contribution in [3.63, 3.8) is 0 Å². The zero-order valence-electron chi connectivity index (χ0n) is 10.4. The highest BCUT2D eigenvalue weighted by molar-refractivity contribution is 5.50. The van der Waals surface area contributed by atoms with E-state index in [1.54, 1.807) is 0 Å². The minimum Gasteiger partial charge on any atom is -0.385 e. The summed E-state index contributed by atoms with van der Waals surface area (Å²) in [6.45, 7) is 1.72. The number of nitrogens with zero attached hydrogens (tertiary/aromatic N) is 1. The highest BCUT2D eigenvalue weighted by Crippen LogP contribution is 2.30. The summed E-state index contributed by atoms with van der Waals surface area (Å²) >= 11 is 0. The molecule has 0 bridgehead atoms. The van der Waals surface area contributed by atoms with E-state index in [9.17, 15) is 5.11 Å². The maximum atomic E-state index is 10.5. The van der Waals surface area contributed by atoms with Crippen LogP contribution in [0.25, 0.3) is 6.08 Å². The molecule has 0 spiro atoms. The number of piperidine rings is 1. The lowest BCUT2D eigenvalue weighted by atomic mass is 9.85. The fourth-order valence-corrected chi connectivity index (χ4v) is 2.28. The first-order chi connectivity index (χ1) is 8.74.